The van der Waals surface area contributed by atoms with E-state index in [2.05, 4.69) is 4.90 Å². The monoisotopic (exact) mass is 412 g/mol. The molecule has 2 rings (SSSR count). The highest BCUT2D eigenvalue weighted by molar-refractivity contribution is 7.10. The lowest BCUT2D eigenvalue weighted by atomic mass is 10.4. The van der Waals surface area contributed by atoms with E-state index in [4.69, 9.17) is 14.2 Å². The van der Waals surface area contributed by atoms with Crippen LogP contribution in [0, 0.1) is 0 Å². The largest absolute Gasteiger partial charge is 0.447 e. The number of rotatable bonds is 13. The Morgan fingerprint density at radius 3 is 1.96 bits per heavy atom. The van der Waals surface area contributed by atoms with Gasteiger partial charge in [-0.25, -0.2) is 4.79 Å². The summed E-state index contributed by atoms with van der Waals surface area (Å²) in [5.74, 6) is 0. The molecule has 0 aliphatic carbocycles. The van der Waals surface area contributed by atoms with Crippen molar-refractivity contribution in [3.8, 4) is 0 Å². The fourth-order valence-corrected chi connectivity index (χ4v) is 3.65. The molecule has 0 aliphatic heterocycles. The lowest BCUT2D eigenvalue weighted by Gasteiger charge is -2.21. The van der Waals surface area contributed by atoms with Crippen molar-refractivity contribution in [1.29, 1.82) is 0 Å². The summed E-state index contributed by atoms with van der Waals surface area (Å²) in [6.07, 6.45) is -0.317. The Labute approximate surface area is 169 Å². The fraction of sp³-hybridized carbons (Fsp3) is 0.526. The van der Waals surface area contributed by atoms with Crippen LogP contribution in [0.2, 0.25) is 0 Å². The lowest BCUT2D eigenvalue weighted by molar-refractivity contribution is 0.0188. The Hall–Kier alpha value is -1.45. The molecule has 27 heavy (non-hydrogen) atoms. The number of ether oxygens (including phenoxy) is 3. The van der Waals surface area contributed by atoms with E-state index in [0.717, 1.165) is 16.3 Å². The minimum atomic E-state index is -0.317. The Balaban J connectivity index is 1.64. The quantitative estimate of drug-likeness (QED) is 0.471. The molecule has 1 amide bonds. The summed E-state index contributed by atoms with van der Waals surface area (Å²) in [6, 6.07) is 8.03. The van der Waals surface area contributed by atoms with Gasteiger partial charge < -0.3 is 19.1 Å². The normalized spacial score (nSPS) is 11.1. The van der Waals surface area contributed by atoms with Crippen LogP contribution in [0.5, 0.6) is 0 Å². The first-order valence-electron chi connectivity index (χ1n) is 8.92. The maximum atomic E-state index is 12.5. The molecule has 0 fully saturated rings. The second kappa shape index (κ2) is 12.9. The van der Waals surface area contributed by atoms with Crippen molar-refractivity contribution in [3.63, 3.8) is 0 Å². The number of thiophene rings is 2. The third-order valence-corrected chi connectivity index (χ3v) is 5.34. The number of carbonyl (C=O) groups is 1. The summed E-state index contributed by atoms with van der Waals surface area (Å²) >= 11 is 3.27. The molecule has 0 radical (unpaired) electrons. The van der Waals surface area contributed by atoms with Crippen molar-refractivity contribution >= 4 is 28.8 Å². The number of amides is 1. The topological polar surface area (TPSA) is 51.2 Å². The van der Waals surface area contributed by atoms with Crippen LogP contribution in [-0.4, -0.2) is 69.6 Å². The standard InChI is InChI=1S/C19H28N2O4S2/c1-20(2)7-8-23-9-10-24-11-12-25-19(22)21(15-17-5-3-13-26-17)16-18-6-4-14-27-18/h3-6,13-14H,7-12,15-16H2,1-2H3. The Morgan fingerprint density at radius 2 is 1.44 bits per heavy atom. The van der Waals surface area contributed by atoms with Gasteiger partial charge in [-0.2, -0.15) is 0 Å². The zero-order chi connectivity index (χ0) is 19.3. The summed E-state index contributed by atoms with van der Waals surface area (Å²) in [7, 11) is 4.02. The first kappa shape index (κ1) is 21.8. The number of hydrogen-bond donors (Lipinski definition) is 0. The predicted octanol–water partition coefficient (Wildman–Crippen LogP) is 3.54. The van der Waals surface area contributed by atoms with Crippen LogP contribution >= 0.6 is 22.7 Å². The molecule has 0 N–H and O–H groups in total. The highest BCUT2D eigenvalue weighted by Gasteiger charge is 2.17. The summed E-state index contributed by atoms with van der Waals surface area (Å²) in [5.41, 5.74) is 0. The molecule has 0 aliphatic rings. The molecule has 0 saturated carbocycles. The van der Waals surface area contributed by atoms with Crippen LogP contribution < -0.4 is 0 Å². The van der Waals surface area contributed by atoms with Gasteiger partial charge in [-0.1, -0.05) is 12.1 Å². The van der Waals surface area contributed by atoms with E-state index in [-0.39, 0.29) is 12.7 Å². The van der Waals surface area contributed by atoms with Crippen molar-refractivity contribution in [2.24, 2.45) is 0 Å². The van der Waals surface area contributed by atoms with Gasteiger partial charge in [0.2, 0.25) is 0 Å². The SMILES string of the molecule is CN(C)CCOCCOCCOC(=O)N(Cc1cccs1)Cc1cccs1. The molecule has 8 heteroatoms. The van der Waals surface area contributed by atoms with Crippen LogP contribution in [0.3, 0.4) is 0 Å². The van der Waals surface area contributed by atoms with Gasteiger partial charge in [0.15, 0.2) is 0 Å². The van der Waals surface area contributed by atoms with E-state index in [9.17, 15) is 4.79 Å². The molecule has 2 aromatic heterocycles. The molecule has 0 unspecified atom stereocenters. The lowest BCUT2D eigenvalue weighted by Crippen LogP contribution is -2.31. The molecule has 0 spiro atoms. The molecule has 2 aromatic rings. The molecular formula is C19H28N2O4S2. The number of nitrogens with zero attached hydrogens (tertiary/aromatic N) is 2. The van der Waals surface area contributed by atoms with Crippen molar-refractivity contribution < 1.29 is 19.0 Å². The van der Waals surface area contributed by atoms with E-state index < -0.39 is 0 Å². The van der Waals surface area contributed by atoms with Gasteiger partial charge in [0, 0.05) is 16.3 Å². The van der Waals surface area contributed by atoms with E-state index in [1.54, 1.807) is 27.6 Å². The minimum Gasteiger partial charge on any atom is -0.447 e. The molecule has 2 heterocycles. The van der Waals surface area contributed by atoms with Crippen LogP contribution in [0.4, 0.5) is 4.79 Å². The third-order valence-electron chi connectivity index (χ3n) is 3.62. The van der Waals surface area contributed by atoms with E-state index >= 15 is 0 Å². The minimum absolute atomic E-state index is 0.238. The van der Waals surface area contributed by atoms with Crippen LogP contribution in [0.25, 0.3) is 0 Å². The fourth-order valence-electron chi connectivity index (χ4n) is 2.21. The summed E-state index contributed by atoms with van der Waals surface area (Å²) < 4.78 is 16.3. The van der Waals surface area contributed by atoms with Crippen molar-refractivity contribution in [3.05, 3.63) is 44.8 Å². The van der Waals surface area contributed by atoms with Gasteiger partial charge in [0.05, 0.1) is 39.5 Å². The van der Waals surface area contributed by atoms with Crippen LogP contribution in [-0.2, 0) is 27.3 Å². The second-order valence-corrected chi connectivity index (χ2v) is 8.22. The average Bonchev–Trinajstić information content (AvgIpc) is 3.33. The summed E-state index contributed by atoms with van der Waals surface area (Å²) in [5, 5.41) is 4.02. The highest BCUT2D eigenvalue weighted by atomic mass is 32.1. The zero-order valence-electron chi connectivity index (χ0n) is 16.0. The van der Waals surface area contributed by atoms with Gasteiger partial charge in [-0.15, -0.1) is 22.7 Å². The third kappa shape index (κ3) is 9.34. The van der Waals surface area contributed by atoms with Gasteiger partial charge in [0.25, 0.3) is 0 Å². The maximum absolute atomic E-state index is 12.5. The average molecular weight is 413 g/mol. The number of likely N-dealkylation sites (N-methyl/N-ethyl adjacent to an activating group) is 1. The van der Waals surface area contributed by atoms with Crippen molar-refractivity contribution in [2.45, 2.75) is 13.1 Å². The predicted molar refractivity (Wildman–Crippen MR) is 109 cm³/mol. The number of carbonyl (C=O) groups excluding carboxylic acids is 1. The van der Waals surface area contributed by atoms with Gasteiger partial charge in [0.1, 0.15) is 6.61 Å². The first-order valence-corrected chi connectivity index (χ1v) is 10.7. The van der Waals surface area contributed by atoms with Crippen LogP contribution in [0.1, 0.15) is 9.75 Å². The molecule has 0 bridgehead atoms. The van der Waals surface area contributed by atoms with E-state index in [1.165, 1.54) is 0 Å². The number of hydrogen-bond acceptors (Lipinski definition) is 7. The molecule has 150 valence electrons. The zero-order valence-corrected chi connectivity index (χ0v) is 17.6. The maximum Gasteiger partial charge on any atom is 0.410 e. The molecule has 0 aromatic carbocycles. The van der Waals surface area contributed by atoms with Crippen LogP contribution in [0.15, 0.2) is 35.0 Å². The summed E-state index contributed by atoms with van der Waals surface area (Å²) in [6.45, 7) is 4.33. The molecule has 6 nitrogen and oxygen atoms in total. The highest BCUT2D eigenvalue weighted by Crippen LogP contribution is 2.17. The Bertz CT molecular complexity index is 581. The molecule has 0 saturated heterocycles. The van der Waals surface area contributed by atoms with E-state index in [0.29, 0.717) is 39.5 Å². The van der Waals surface area contributed by atoms with Gasteiger partial charge >= 0.3 is 6.09 Å². The molecule has 0 atom stereocenters. The Morgan fingerprint density at radius 1 is 0.889 bits per heavy atom. The van der Waals surface area contributed by atoms with E-state index in [1.807, 2.05) is 49.1 Å². The van der Waals surface area contributed by atoms with Crippen molar-refractivity contribution in [1.82, 2.24) is 9.80 Å². The first-order chi connectivity index (χ1) is 13.1. The second-order valence-electron chi connectivity index (χ2n) is 6.16. The van der Waals surface area contributed by atoms with Crippen molar-refractivity contribution in [2.75, 3.05) is 53.7 Å². The van der Waals surface area contributed by atoms with Gasteiger partial charge in [-0.05, 0) is 37.0 Å². The smallest absolute Gasteiger partial charge is 0.410 e. The molecular weight excluding hydrogens is 384 g/mol. The summed E-state index contributed by atoms with van der Waals surface area (Å²) in [4.78, 5) is 18.5. The Kier molecular flexibility index (Phi) is 10.4. The van der Waals surface area contributed by atoms with Gasteiger partial charge in [-0.3, -0.25) is 4.90 Å².